The number of rotatable bonds is 79. The molecule has 0 saturated heterocycles. The van der Waals surface area contributed by atoms with Gasteiger partial charge in [-0.05, 0) is 25.7 Å². The minimum absolute atomic E-state index is 0.109. The zero-order valence-electron chi connectivity index (χ0n) is 63.1. The Morgan fingerprint density at radius 1 is 0.247 bits per heavy atom. The lowest BCUT2D eigenvalue weighted by atomic mass is 10.0. The molecule has 0 aliphatic carbocycles. The second kappa shape index (κ2) is 72.4. The average molecular weight is 1420 g/mol. The molecule has 0 aromatic heterocycles. The van der Waals surface area contributed by atoms with Gasteiger partial charge >= 0.3 is 39.5 Å². The second-order valence-corrected chi connectivity index (χ2v) is 31.0. The Balaban J connectivity index is 5.24. The van der Waals surface area contributed by atoms with Crippen LogP contribution < -0.4 is 0 Å². The quantitative estimate of drug-likeness (QED) is 0.0222. The van der Waals surface area contributed by atoms with Gasteiger partial charge in [-0.2, -0.15) is 0 Å². The van der Waals surface area contributed by atoms with E-state index in [2.05, 4.69) is 27.7 Å². The van der Waals surface area contributed by atoms with Gasteiger partial charge in [0.25, 0.3) is 0 Å². The molecule has 2 unspecified atom stereocenters. The third kappa shape index (κ3) is 72.2. The number of hydrogen-bond donors (Lipinski definition) is 3. The van der Waals surface area contributed by atoms with E-state index in [4.69, 9.17) is 37.0 Å². The molecule has 0 aliphatic heterocycles. The van der Waals surface area contributed by atoms with Gasteiger partial charge in [-0.3, -0.25) is 37.3 Å². The molecule has 0 heterocycles. The zero-order valence-corrected chi connectivity index (χ0v) is 64.8. The molecule has 576 valence electrons. The van der Waals surface area contributed by atoms with Gasteiger partial charge in [-0.15, -0.1) is 0 Å². The van der Waals surface area contributed by atoms with Gasteiger partial charge in [-0.1, -0.05) is 368 Å². The van der Waals surface area contributed by atoms with E-state index in [0.717, 1.165) is 89.9 Å². The van der Waals surface area contributed by atoms with Gasteiger partial charge < -0.3 is 33.8 Å². The first-order chi connectivity index (χ1) is 47.2. The van der Waals surface area contributed by atoms with Gasteiger partial charge in [0.1, 0.15) is 19.3 Å². The summed E-state index contributed by atoms with van der Waals surface area (Å²) >= 11 is 0. The van der Waals surface area contributed by atoms with Crippen molar-refractivity contribution >= 4 is 39.5 Å². The number of hydrogen-bond acceptors (Lipinski definition) is 15. The Bertz CT molecular complexity index is 1840. The van der Waals surface area contributed by atoms with Crippen LogP contribution in [0.25, 0.3) is 0 Å². The van der Waals surface area contributed by atoms with E-state index in [9.17, 15) is 43.2 Å². The molecule has 0 saturated carbocycles. The first-order valence-electron chi connectivity index (χ1n) is 40.8. The molecule has 97 heavy (non-hydrogen) atoms. The summed E-state index contributed by atoms with van der Waals surface area (Å²) in [4.78, 5) is 72.9. The number of aliphatic hydroxyl groups excluding tert-OH is 1. The largest absolute Gasteiger partial charge is 0.472 e. The maximum atomic E-state index is 13.1. The summed E-state index contributed by atoms with van der Waals surface area (Å²) in [6.07, 6.45) is 63.6. The fourth-order valence-electron chi connectivity index (χ4n) is 12.1. The normalized spacial score (nSPS) is 13.8. The maximum absolute atomic E-state index is 13.1. The van der Waals surface area contributed by atoms with Crippen molar-refractivity contribution in [1.29, 1.82) is 0 Å². The Morgan fingerprint density at radius 2 is 0.412 bits per heavy atom. The van der Waals surface area contributed by atoms with Crippen LogP contribution in [0, 0.1) is 0 Å². The molecule has 17 nitrogen and oxygen atoms in total. The second-order valence-electron chi connectivity index (χ2n) is 28.1. The summed E-state index contributed by atoms with van der Waals surface area (Å²) in [6.45, 7) is 5.01. The minimum atomic E-state index is -4.96. The highest BCUT2D eigenvalue weighted by atomic mass is 31.2. The van der Waals surface area contributed by atoms with Crippen LogP contribution in [0.2, 0.25) is 0 Å². The van der Waals surface area contributed by atoms with Crippen LogP contribution in [0.1, 0.15) is 419 Å². The molecule has 0 bridgehead atoms. The van der Waals surface area contributed by atoms with Crippen LogP contribution in [0.5, 0.6) is 0 Å². The topological polar surface area (TPSA) is 237 Å². The summed E-state index contributed by atoms with van der Waals surface area (Å²) < 4.78 is 68.6. The van der Waals surface area contributed by atoms with Crippen LogP contribution >= 0.6 is 15.6 Å². The molecule has 0 rings (SSSR count). The van der Waals surface area contributed by atoms with E-state index >= 15 is 0 Å². The Kier molecular flexibility index (Phi) is 71.0. The van der Waals surface area contributed by atoms with Crippen molar-refractivity contribution in [1.82, 2.24) is 0 Å². The zero-order chi connectivity index (χ0) is 71.1. The highest BCUT2D eigenvalue weighted by molar-refractivity contribution is 7.47. The van der Waals surface area contributed by atoms with E-state index in [1.54, 1.807) is 0 Å². The molecule has 0 aliphatic rings. The van der Waals surface area contributed by atoms with Crippen molar-refractivity contribution in [3.05, 3.63) is 0 Å². The van der Waals surface area contributed by atoms with Gasteiger partial charge in [0.15, 0.2) is 12.2 Å². The highest BCUT2D eigenvalue weighted by Crippen LogP contribution is 2.45. The van der Waals surface area contributed by atoms with Gasteiger partial charge in [0.05, 0.1) is 26.4 Å². The van der Waals surface area contributed by atoms with Gasteiger partial charge in [0, 0.05) is 25.7 Å². The van der Waals surface area contributed by atoms with Gasteiger partial charge in [0.2, 0.25) is 0 Å². The Morgan fingerprint density at radius 3 is 0.608 bits per heavy atom. The molecule has 0 aromatic carbocycles. The number of aliphatic hydroxyl groups is 1. The number of phosphoric ester groups is 2. The van der Waals surface area contributed by atoms with Crippen molar-refractivity contribution in [3.63, 3.8) is 0 Å². The smallest absolute Gasteiger partial charge is 0.462 e. The molecular weight excluding hydrogens is 1270 g/mol. The van der Waals surface area contributed by atoms with E-state index < -0.39 is 97.5 Å². The molecular formula is C78H152O17P2. The van der Waals surface area contributed by atoms with E-state index in [1.165, 1.54) is 250 Å². The summed E-state index contributed by atoms with van der Waals surface area (Å²) in [5.41, 5.74) is 0. The maximum Gasteiger partial charge on any atom is 0.472 e. The molecule has 3 N–H and O–H groups in total. The Labute approximate surface area is 594 Å². The number of phosphoric acid groups is 2. The number of unbranched alkanes of at least 4 members (excludes halogenated alkanes) is 53. The first-order valence-corrected chi connectivity index (χ1v) is 43.8. The Hall–Kier alpha value is -1.94. The fraction of sp³-hybridized carbons (Fsp3) is 0.949. The lowest BCUT2D eigenvalue weighted by molar-refractivity contribution is -0.161. The summed E-state index contributed by atoms with van der Waals surface area (Å²) in [5, 5.41) is 10.6. The third-order valence-electron chi connectivity index (χ3n) is 18.4. The predicted molar refractivity (Wildman–Crippen MR) is 395 cm³/mol. The summed E-state index contributed by atoms with van der Waals surface area (Å²) in [7, 11) is -9.91. The lowest BCUT2D eigenvalue weighted by Crippen LogP contribution is -2.30. The standard InChI is InChI=1S/C78H152O17P2/c1-5-9-13-17-21-25-29-32-35-36-37-38-41-45-49-53-57-61-65-78(83)95-74(69-89-76(81)63-59-55-51-47-43-39-33-30-26-22-18-14-10-6-2)71-93-97(86,87)91-67-72(79)66-90-96(84,85)92-70-73(68-88-75(80)62-58-54-50-46-42-28-24-20-16-12-8-4)94-77(82)64-60-56-52-48-44-40-34-31-27-23-19-15-11-7-3/h72-74,79H,5-71H2,1-4H3,(H,84,85)(H,86,87)/t72-,73+,74+/m0/s1. The molecule has 0 aromatic rings. The van der Waals surface area contributed by atoms with E-state index in [0.29, 0.717) is 25.7 Å². The highest BCUT2D eigenvalue weighted by Gasteiger charge is 2.30. The van der Waals surface area contributed by atoms with Crippen LogP contribution in [0.4, 0.5) is 0 Å². The fourth-order valence-corrected chi connectivity index (χ4v) is 13.7. The van der Waals surface area contributed by atoms with Gasteiger partial charge in [-0.25, -0.2) is 9.13 Å². The number of esters is 4. The monoisotopic (exact) mass is 1420 g/mol. The van der Waals surface area contributed by atoms with Crippen molar-refractivity contribution in [2.24, 2.45) is 0 Å². The van der Waals surface area contributed by atoms with Crippen LogP contribution in [-0.2, 0) is 65.4 Å². The lowest BCUT2D eigenvalue weighted by Gasteiger charge is -2.21. The molecule has 0 radical (unpaired) electrons. The van der Waals surface area contributed by atoms with Crippen molar-refractivity contribution in [3.8, 4) is 0 Å². The summed E-state index contributed by atoms with van der Waals surface area (Å²) in [6, 6.07) is 0. The number of carbonyl (C=O) groups is 4. The molecule has 0 fully saturated rings. The molecule has 5 atom stereocenters. The summed E-state index contributed by atoms with van der Waals surface area (Å²) in [5.74, 6) is -2.11. The number of ether oxygens (including phenoxy) is 4. The van der Waals surface area contributed by atoms with Crippen LogP contribution in [0.15, 0.2) is 0 Å². The number of carbonyl (C=O) groups excluding carboxylic acids is 4. The molecule has 0 spiro atoms. The first kappa shape index (κ1) is 95.1. The molecule has 19 heteroatoms. The third-order valence-corrected chi connectivity index (χ3v) is 20.3. The van der Waals surface area contributed by atoms with Crippen LogP contribution in [0.3, 0.4) is 0 Å². The predicted octanol–water partition coefficient (Wildman–Crippen LogP) is 23.4. The van der Waals surface area contributed by atoms with Crippen molar-refractivity contribution < 1.29 is 80.2 Å². The van der Waals surface area contributed by atoms with E-state index in [1.807, 2.05) is 0 Å². The average Bonchev–Trinajstić information content (AvgIpc) is 1.96. The van der Waals surface area contributed by atoms with Crippen molar-refractivity contribution in [2.75, 3.05) is 39.6 Å². The SMILES string of the molecule is CCCCCCCCCCCCCCCCCCCCC(=O)O[C@H](COC(=O)CCCCCCCCCCCCCCCC)COP(=O)(O)OC[C@@H](O)COP(=O)(O)OC[C@@H](COC(=O)CCCCCCCCCCCCC)OC(=O)CCCCCCCCCCCCCCCC. The molecule has 0 amide bonds. The van der Waals surface area contributed by atoms with Crippen LogP contribution in [-0.4, -0.2) is 96.7 Å². The van der Waals surface area contributed by atoms with E-state index in [-0.39, 0.29) is 25.7 Å². The van der Waals surface area contributed by atoms with Crippen molar-refractivity contribution in [2.45, 2.75) is 438 Å². The minimum Gasteiger partial charge on any atom is -0.462 e.